The van der Waals surface area contributed by atoms with Gasteiger partial charge in [0.25, 0.3) is 0 Å². The van der Waals surface area contributed by atoms with Crippen LogP contribution in [0.4, 0.5) is 4.79 Å². The van der Waals surface area contributed by atoms with Crippen molar-refractivity contribution < 1.29 is 9.53 Å². The van der Waals surface area contributed by atoms with Gasteiger partial charge < -0.3 is 15.4 Å². The van der Waals surface area contributed by atoms with Crippen molar-refractivity contribution >= 4 is 6.09 Å². The van der Waals surface area contributed by atoms with Gasteiger partial charge in [-0.2, -0.15) is 0 Å². The molecule has 1 fully saturated rings. The van der Waals surface area contributed by atoms with Gasteiger partial charge in [0.05, 0.1) is 0 Å². The number of hydrogen-bond acceptors (Lipinski definition) is 3. The van der Waals surface area contributed by atoms with Crippen molar-refractivity contribution in [2.45, 2.75) is 58.7 Å². The number of hydrogen-bond donors (Lipinski definition) is 1. The Labute approximate surface area is 98.1 Å². The van der Waals surface area contributed by atoms with Crippen LogP contribution >= 0.6 is 0 Å². The molecule has 0 radical (unpaired) electrons. The molecule has 1 saturated heterocycles. The first kappa shape index (κ1) is 13.3. The second-order valence-electron chi connectivity index (χ2n) is 5.76. The Morgan fingerprint density at radius 1 is 1.38 bits per heavy atom. The fraction of sp³-hybridized carbons (Fsp3) is 0.917. The monoisotopic (exact) mass is 228 g/mol. The van der Waals surface area contributed by atoms with Gasteiger partial charge in [-0.05, 0) is 40.0 Å². The van der Waals surface area contributed by atoms with Crippen LogP contribution in [0.1, 0.15) is 41.0 Å². The molecule has 0 aromatic heterocycles. The van der Waals surface area contributed by atoms with Gasteiger partial charge in [-0.3, -0.25) is 0 Å². The largest absolute Gasteiger partial charge is 0.444 e. The van der Waals surface area contributed by atoms with Crippen LogP contribution in [0.2, 0.25) is 0 Å². The number of carbonyl (C=O) groups is 1. The number of rotatable bonds is 0. The summed E-state index contributed by atoms with van der Waals surface area (Å²) in [5.74, 6) is 0.466. The summed E-state index contributed by atoms with van der Waals surface area (Å²) in [7, 11) is 0. The van der Waals surface area contributed by atoms with Gasteiger partial charge in [0.1, 0.15) is 5.60 Å². The number of amides is 1. The van der Waals surface area contributed by atoms with E-state index in [0.29, 0.717) is 5.92 Å². The molecule has 0 saturated carbocycles. The zero-order valence-corrected chi connectivity index (χ0v) is 11.0. The Morgan fingerprint density at radius 2 is 1.94 bits per heavy atom. The van der Waals surface area contributed by atoms with Crippen LogP contribution in [0.25, 0.3) is 0 Å². The first-order valence-electron chi connectivity index (χ1n) is 5.97. The smallest absolute Gasteiger partial charge is 0.410 e. The quantitative estimate of drug-likeness (QED) is 0.689. The number of nitrogens with zero attached hydrogens (tertiary/aromatic N) is 1. The maximum atomic E-state index is 11.9. The minimum atomic E-state index is -0.441. The molecule has 2 N–H and O–H groups in total. The molecule has 4 nitrogen and oxygen atoms in total. The van der Waals surface area contributed by atoms with Crippen molar-refractivity contribution in [3.8, 4) is 0 Å². The summed E-state index contributed by atoms with van der Waals surface area (Å²) in [6.45, 7) is 10.5. The summed E-state index contributed by atoms with van der Waals surface area (Å²) in [5.41, 5.74) is 5.62. The van der Waals surface area contributed by atoms with Crippen LogP contribution in [0, 0.1) is 5.92 Å². The van der Waals surface area contributed by atoms with E-state index in [1.807, 2.05) is 27.7 Å². The molecule has 0 unspecified atom stereocenters. The van der Waals surface area contributed by atoms with Crippen molar-refractivity contribution in [3.63, 3.8) is 0 Å². The number of piperidine rings is 1. The fourth-order valence-corrected chi connectivity index (χ4v) is 2.00. The van der Waals surface area contributed by atoms with Crippen molar-refractivity contribution in [3.05, 3.63) is 0 Å². The Bertz CT molecular complexity index is 260. The zero-order chi connectivity index (χ0) is 12.5. The molecule has 0 aliphatic carbocycles. The van der Waals surface area contributed by atoms with Crippen LogP contribution in [0.3, 0.4) is 0 Å². The predicted molar refractivity (Wildman–Crippen MR) is 64.2 cm³/mol. The summed E-state index contributed by atoms with van der Waals surface area (Å²) >= 11 is 0. The Hall–Kier alpha value is -0.770. The van der Waals surface area contributed by atoms with Crippen LogP contribution < -0.4 is 5.73 Å². The molecular formula is C12H24N2O2. The highest BCUT2D eigenvalue weighted by Crippen LogP contribution is 2.23. The number of nitrogens with two attached hydrogens (primary N) is 1. The lowest BCUT2D eigenvalue weighted by molar-refractivity contribution is 0.00414. The van der Waals surface area contributed by atoms with E-state index in [0.717, 1.165) is 13.0 Å². The van der Waals surface area contributed by atoms with Crippen LogP contribution in [0.15, 0.2) is 0 Å². The topological polar surface area (TPSA) is 55.6 Å². The molecule has 94 valence electrons. The maximum absolute atomic E-state index is 11.9. The molecule has 1 aliphatic rings. The van der Waals surface area contributed by atoms with Gasteiger partial charge >= 0.3 is 6.09 Å². The van der Waals surface area contributed by atoms with E-state index >= 15 is 0 Å². The van der Waals surface area contributed by atoms with Crippen molar-refractivity contribution in [2.75, 3.05) is 6.54 Å². The summed E-state index contributed by atoms with van der Waals surface area (Å²) < 4.78 is 5.36. The van der Waals surface area contributed by atoms with E-state index < -0.39 is 5.60 Å². The molecule has 1 rings (SSSR count). The third-order valence-corrected chi connectivity index (χ3v) is 3.16. The first-order valence-corrected chi connectivity index (χ1v) is 5.97. The third-order valence-electron chi connectivity index (χ3n) is 3.16. The van der Waals surface area contributed by atoms with Gasteiger partial charge in [0, 0.05) is 18.6 Å². The predicted octanol–water partition coefficient (Wildman–Crippen LogP) is 1.98. The molecule has 3 atom stereocenters. The molecule has 4 heteroatoms. The highest BCUT2D eigenvalue weighted by molar-refractivity contribution is 5.68. The van der Waals surface area contributed by atoms with Gasteiger partial charge in [-0.1, -0.05) is 6.92 Å². The van der Waals surface area contributed by atoms with Gasteiger partial charge in [0.15, 0.2) is 0 Å². The minimum Gasteiger partial charge on any atom is -0.444 e. The van der Waals surface area contributed by atoms with Gasteiger partial charge in [0.2, 0.25) is 0 Å². The maximum Gasteiger partial charge on any atom is 0.410 e. The van der Waals surface area contributed by atoms with Gasteiger partial charge in [-0.15, -0.1) is 0 Å². The minimum absolute atomic E-state index is 0.0428. The Kier molecular flexibility index (Phi) is 3.84. The number of likely N-dealkylation sites (tertiary alicyclic amines) is 1. The molecular weight excluding hydrogens is 204 g/mol. The average molecular weight is 228 g/mol. The molecule has 1 aliphatic heterocycles. The molecule has 0 aromatic carbocycles. The molecule has 1 amide bonds. The van der Waals surface area contributed by atoms with Crippen molar-refractivity contribution in [2.24, 2.45) is 11.7 Å². The van der Waals surface area contributed by atoms with E-state index in [1.165, 1.54) is 0 Å². The average Bonchev–Trinajstić information content (AvgIpc) is 2.11. The van der Waals surface area contributed by atoms with Crippen molar-refractivity contribution in [1.29, 1.82) is 0 Å². The normalized spacial score (nSPS) is 31.4. The molecule has 0 aromatic rings. The lowest BCUT2D eigenvalue weighted by Gasteiger charge is -2.41. The molecule has 1 heterocycles. The first-order chi connectivity index (χ1) is 7.22. The van der Waals surface area contributed by atoms with Crippen LogP contribution in [-0.4, -0.2) is 35.2 Å². The second kappa shape index (κ2) is 4.62. The van der Waals surface area contributed by atoms with E-state index in [2.05, 4.69) is 6.92 Å². The summed E-state index contributed by atoms with van der Waals surface area (Å²) in [4.78, 5) is 13.7. The van der Waals surface area contributed by atoms with E-state index in [-0.39, 0.29) is 18.2 Å². The van der Waals surface area contributed by atoms with E-state index in [9.17, 15) is 4.79 Å². The van der Waals surface area contributed by atoms with Crippen LogP contribution in [0.5, 0.6) is 0 Å². The molecule has 0 spiro atoms. The van der Waals surface area contributed by atoms with Gasteiger partial charge in [-0.25, -0.2) is 4.79 Å². The summed E-state index contributed by atoms with van der Waals surface area (Å²) in [6, 6.07) is 0.0971. The van der Waals surface area contributed by atoms with Crippen LogP contribution in [-0.2, 0) is 4.74 Å². The summed E-state index contributed by atoms with van der Waals surface area (Å²) in [5, 5.41) is 0. The highest BCUT2D eigenvalue weighted by atomic mass is 16.6. The lowest BCUT2D eigenvalue weighted by atomic mass is 9.89. The molecule has 0 bridgehead atoms. The zero-order valence-electron chi connectivity index (χ0n) is 11.0. The summed E-state index contributed by atoms with van der Waals surface area (Å²) in [6.07, 6.45) is 0.701. The lowest BCUT2D eigenvalue weighted by Crippen LogP contribution is -2.56. The number of carbonyl (C=O) groups excluding carboxylic acids is 1. The Morgan fingerprint density at radius 3 is 2.44 bits per heavy atom. The van der Waals surface area contributed by atoms with E-state index in [1.54, 1.807) is 4.90 Å². The third kappa shape index (κ3) is 3.11. The second-order valence-corrected chi connectivity index (χ2v) is 5.76. The highest BCUT2D eigenvalue weighted by Gasteiger charge is 2.35. The molecule has 16 heavy (non-hydrogen) atoms. The Balaban J connectivity index is 2.64. The SMILES string of the molecule is C[C@@H]1CCN(C(=O)OC(C)(C)C)[C@H](C)[C@@H]1N. The fourth-order valence-electron chi connectivity index (χ4n) is 2.00. The van der Waals surface area contributed by atoms with E-state index in [4.69, 9.17) is 10.5 Å². The number of ether oxygens (including phenoxy) is 1. The van der Waals surface area contributed by atoms with Crippen molar-refractivity contribution in [1.82, 2.24) is 4.90 Å². The standard InChI is InChI=1S/C12H24N2O2/c1-8-6-7-14(9(2)10(8)13)11(15)16-12(3,4)5/h8-10H,6-7,13H2,1-5H3/t8-,9-,10-/m1/s1.